The van der Waals surface area contributed by atoms with Gasteiger partial charge in [0.25, 0.3) is 5.78 Å². The Bertz CT molecular complexity index is 890. The number of thioether (sulfide) groups is 1. The Morgan fingerprint density at radius 1 is 1.13 bits per heavy atom. The van der Waals surface area contributed by atoms with Gasteiger partial charge in [0.15, 0.2) is 5.16 Å². The van der Waals surface area contributed by atoms with E-state index in [0.29, 0.717) is 55.5 Å². The van der Waals surface area contributed by atoms with Crippen molar-refractivity contribution in [3.8, 4) is 0 Å². The largest absolute Gasteiger partial charge is 0.464 e. The lowest BCUT2D eigenvalue weighted by atomic mass is 10.0. The number of rotatable bonds is 9. The highest BCUT2D eigenvalue weighted by Crippen LogP contribution is 2.24. The highest BCUT2D eigenvalue weighted by Gasteiger charge is 2.33. The Labute approximate surface area is 179 Å². The molecular weight excluding hydrogens is 408 g/mol. The van der Waals surface area contributed by atoms with Gasteiger partial charge in [-0.3, -0.25) is 4.79 Å². The van der Waals surface area contributed by atoms with Crippen LogP contribution in [0.1, 0.15) is 40.0 Å². The van der Waals surface area contributed by atoms with Gasteiger partial charge in [0.2, 0.25) is 17.8 Å². The van der Waals surface area contributed by atoms with E-state index >= 15 is 0 Å². The Kier molecular flexibility index (Phi) is 7.66. The van der Waals surface area contributed by atoms with Crippen LogP contribution in [-0.4, -0.2) is 79.4 Å². The minimum absolute atomic E-state index is 0.121. The van der Waals surface area contributed by atoms with E-state index in [1.165, 1.54) is 11.8 Å². The molecule has 1 atom stereocenters. The Balaban J connectivity index is 1.76. The van der Waals surface area contributed by atoms with E-state index in [0.717, 1.165) is 12.8 Å². The van der Waals surface area contributed by atoms with Gasteiger partial charge in [0.05, 0.1) is 12.4 Å². The number of carbonyl (C=O) groups is 2. The molecule has 164 valence electrons. The Morgan fingerprint density at radius 3 is 2.67 bits per heavy atom. The first-order valence-corrected chi connectivity index (χ1v) is 11.3. The number of aromatic nitrogens is 5. The molecule has 1 unspecified atom stereocenters. The number of piperidine rings is 1. The number of nitrogens with one attached hydrogen (secondary N) is 2. The monoisotopic (exact) mass is 436 g/mol. The zero-order valence-corrected chi connectivity index (χ0v) is 18.4. The summed E-state index contributed by atoms with van der Waals surface area (Å²) in [6.45, 7) is 7.90. The van der Waals surface area contributed by atoms with Crippen LogP contribution in [0.5, 0.6) is 0 Å². The molecule has 2 aromatic heterocycles. The number of hydrogen-bond acceptors (Lipinski definition) is 10. The van der Waals surface area contributed by atoms with Crippen molar-refractivity contribution in [2.45, 2.75) is 51.2 Å². The van der Waals surface area contributed by atoms with Crippen molar-refractivity contribution in [3.63, 3.8) is 0 Å². The van der Waals surface area contributed by atoms with Crippen LogP contribution in [0.25, 0.3) is 5.78 Å². The van der Waals surface area contributed by atoms with Crippen LogP contribution in [0.3, 0.4) is 0 Å². The van der Waals surface area contributed by atoms with Gasteiger partial charge in [-0.25, -0.2) is 9.20 Å². The smallest absolute Gasteiger partial charge is 0.328 e. The molecule has 0 saturated carbocycles. The summed E-state index contributed by atoms with van der Waals surface area (Å²) in [5.41, 5.74) is 0. The molecule has 0 bridgehead atoms. The second-order valence-corrected chi connectivity index (χ2v) is 7.63. The van der Waals surface area contributed by atoms with E-state index < -0.39 is 6.04 Å². The minimum Gasteiger partial charge on any atom is -0.464 e. The summed E-state index contributed by atoms with van der Waals surface area (Å²) < 4.78 is 6.84. The lowest BCUT2D eigenvalue weighted by Crippen LogP contribution is -2.49. The van der Waals surface area contributed by atoms with Gasteiger partial charge in [0.1, 0.15) is 6.04 Å². The summed E-state index contributed by atoms with van der Waals surface area (Å²) in [5.74, 6) is 1.10. The van der Waals surface area contributed by atoms with E-state index in [1.807, 2.05) is 13.8 Å². The molecule has 0 aliphatic carbocycles. The molecular formula is C18H28N8O3S. The summed E-state index contributed by atoms with van der Waals surface area (Å²) in [4.78, 5) is 35.6. The summed E-state index contributed by atoms with van der Waals surface area (Å²) in [5, 5.41) is 15.1. The third-order valence-corrected chi connectivity index (χ3v) is 5.54. The maximum atomic E-state index is 12.9. The lowest BCUT2D eigenvalue weighted by Gasteiger charge is -2.33. The molecule has 2 aromatic rings. The van der Waals surface area contributed by atoms with E-state index in [4.69, 9.17) is 4.74 Å². The molecule has 1 fully saturated rings. The fourth-order valence-electron chi connectivity index (χ4n) is 3.32. The molecule has 1 aliphatic rings. The first kappa shape index (κ1) is 22.1. The minimum atomic E-state index is -0.509. The van der Waals surface area contributed by atoms with Crippen LogP contribution in [0.15, 0.2) is 5.16 Å². The van der Waals surface area contributed by atoms with Crippen LogP contribution >= 0.6 is 11.8 Å². The number of amides is 1. The average Bonchev–Trinajstić information content (AvgIpc) is 3.16. The molecule has 2 N–H and O–H groups in total. The zero-order chi connectivity index (χ0) is 21.5. The quantitative estimate of drug-likeness (QED) is 0.440. The van der Waals surface area contributed by atoms with E-state index in [-0.39, 0.29) is 17.6 Å². The third-order valence-electron chi connectivity index (χ3n) is 4.62. The van der Waals surface area contributed by atoms with Crippen molar-refractivity contribution in [2.24, 2.45) is 0 Å². The number of anilines is 2. The maximum absolute atomic E-state index is 12.9. The van der Waals surface area contributed by atoms with Crippen LogP contribution in [0.4, 0.5) is 11.9 Å². The number of hydrogen-bond donors (Lipinski definition) is 2. The first-order chi connectivity index (χ1) is 14.6. The van der Waals surface area contributed by atoms with Gasteiger partial charge in [-0.2, -0.15) is 9.97 Å². The second kappa shape index (κ2) is 10.4. The molecule has 0 radical (unpaired) electrons. The van der Waals surface area contributed by atoms with Gasteiger partial charge in [-0.05, 0) is 40.0 Å². The molecule has 1 amide bonds. The highest BCUT2D eigenvalue weighted by molar-refractivity contribution is 7.99. The normalized spacial score (nSPS) is 16.5. The number of nitrogens with zero attached hydrogens (tertiary/aromatic N) is 6. The number of fused-ring (bicyclic) bond motifs is 1. The summed E-state index contributed by atoms with van der Waals surface area (Å²) in [7, 11) is 0. The molecule has 3 rings (SSSR count). The van der Waals surface area contributed by atoms with Crippen molar-refractivity contribution in [3.05, 3.63) is 0 Å². The van der Waals surface area contributed by atoms with Gasteiger partial charge in [0, 0.05) is 19.6 Å². The van der Waals surface area contributed by atoms with Gasteiger partial charge in [-0.15, -0.1) is 10.2 Å². The predicted molar refractivity (Wildman–Crippen MR) is 114 cm³/mol. The molecule has 0 aromatic carbocycles. The fourth-order valence-corrected chi connectivity index (χ4v) is 4.13. The predicted octanol–water partition coefficient (Wildman–Crippen LogP) is 1.42. The molecule has 12 heteroatoms. The van der Waals surface area contributed by atoms with Crippen LogP contribution in [0.2, 0.25) is 0 Å². The fraction of sp³-hybridized carbons (Fsp3) is 0.667. The molecule has 0 spiro atoms. The number of likely N-dealkylation sites (tertiary alicyclic amines) is 1. The topological polar surface area (TPSA) is 127 Å². The second-order valence-electron chi connectivity index (χ2n) is 6.69. The SMILES string of the molecule is CCNc1nc(NCC)n2c(SCC(=O)N3CCCCC3C(=O)OCC)nnc2n1. The van der Waals surface area contributed by atoms with Crippen molar-refractivity contribution in [2.75, 3.05) is 42.6 Å². The number of carbonyl (C=O) groups excluding carboxylic acids is 2. The standard InChI is InChI=1S/C18H28N8O3S/c1-4-19-15-21-16(20-5-2)26-17(22-15)23-24-18(26)30-11-13(27)25-10-8-7-9-12(25)14(28)29-6-3/h12H,4-11H2,1-3H3,(H2,19,20,21,22,23). The van der Waals surface area contributed by atoms with E-state index in [2.05, 4.69) is 30.8 Å². The van der Waals surface area contributed by atoms with Crippen LogP contribution < -0.4 is 10.6 Å². The molecule has 11 nitrogen and oxygen atoms in total. The summed E-state index contributed by atoms with van der Waals surface area (Å²) in [6.07, 6.45) is 2.42. The van der Waals surface area contributed by atoms with Gasteiger partial charge < -0.3 is 20.3 Å². The van der Waals surface area contributed by atoms with Crippen LogP contribution in [-0.2, 0) is 14.3 Å². The summed E-state index contributed by atoms with van der Waals surface area (Å²) >= 11 is 1.25. The van der Waals surface area contributed by atoms with Crippen molar-refractivity contribution >= 4 is 41.3 Å². The lowest BCUT2D eigenvalue weighted by molar-refractivity contribution is -0.155. The zero-order valence-electron chi connectivity index (χ0n) is 17.6. The van der Waals surface area contributed by atoms with Gasteiger partial charge >= 0.3 is 5.97 Å². The van der Waals surface area contributed by atoms with Crippen LogP contribution in [0, 0.1) is 0 Å². The van der Waals surface area contributed by atoms with E-state index in [1.54, 1.807) is 16.2 Å². The maximum Gasteiger partial charge on any atom is 0.328 e. The third kappa shape index (κ3) is 4.91. The molecule has 1 saturated heterocycles. The number of ether oxygens (including phenoxy) is 1. The Morgan fingerprint density at radius 2 is 1.93 bits per heavy atom. The van der Waals surface area contributed by atoms with E-state index in [9.17, 15) is 9.59 Å². The number of esters is 1. The highest BCUT2D eigenvalue weighted by atomic mass is 32.2. The first-order valence-electron chi connectivity index (χ1n) is 10.3. The van der Waals surface area contributed by atoms with Crippen molar-refractivity contribution in [1.29, 1.82) is 0 Å². The van der Waals surface area contributed by atoms with Crippen molar-refractivity contribution < 1.29 is 14.3 Å². The Hall–Kier alpha value is -2.63. The van der Waals surface area contributed by atoms with Gasteiger partial charge in [-0.1, -0.05) is 11.8 Å². The molecule has 3 heterocycles. The molecule has 30 heavy (non-hydrogen) atoms. The van der Waals surface area contributed by atoms with Crippen molar-refractivity contribution in [1.82, 2.24) is 29.5 Å². The summed E-state index contributed by atoms with van der Waals surface area (Å²) in [6, 6.07) is -0.509. The molecule has 1 aliphatic heterocycles. The average molecular weight is 437 g/mol.